The Morgan fingerprint density at radius 1 is 1.21 bits per heavy atom. The van der Waals surface area contributed by atoms with Crippen LogP contribution in [0.3, 0.4) is 0 Å². The number of benzene rings is 2. The van der Waals surface area contributed by atoms with E-state index in [0.29, 0.717) is 30.2 Å². The van der Waals surface area contributed by atoms with E-state index in [9.17, 15) is 9.90 Å². The molecule has 3 aromatic rings. The van der Waals surface area contributed by atoms with Gasteiger partial charge in [0.05, 0.1) is 6.10 Å². The molecule has 1 aromatic heterocycles. The van der Waals surface area contributed by atoms with Gasteiger partial charge in [0.15, 0.2) is 5.69 Å². The molecule has 0 aliphatic carbocycles. The minimum absolute atomic E-state index is 0.0933. The number of rotatable bonds is 7. The van der Waals surface area contributed by atoms with Crippen LogP contribution in [-0.4, -0.2) is 34.3 Å². The van der Waals surface area contributed by atoms with Crippen LogP contribution in [0.15, 0.2) is 54.6 Å². The molecule has 4 N–H and O–H groups in total. The molecule has 7 nitrogen and oxygen atoms in total. The number of aromatic nitrogens is 2. The van der Waals surface area contributed by atoms with Gasteiger partial charge in [0.2, 0.25) is 0 Å². The maximum atomic E-state index is 12.5. The maximum Gasteiger partial charge on any atom is 0.272 e. The molecule has 0 bridgehead atoms. The number of aliphatic hydroxyl groups is 1. The SMILES string of the molecule is O=C(NCC(O)c1cccc(OCc2ccccc2)c1)c1n[nH]c2c1CNCC2. The quantitative estimate of drug-likeness (QED) is 0.494. The van der Waals surface area contributed by atoms with Gasteiger partial charge in [0.25, 0.3) is 5.91 Å². The molecule has 0 saturated carbocycles. The standard InChI is InChI=1S/C22H24N4O3/c27-20(13-24-22(28)21-18-12-23-10-9-19(18)25-26-21)16-7-4-8-17(11-16)29-14-15-5-2-1-3-6-15/h1-8,11,20,23,27H,9-10,12-14H2,(H,24,28)(H,25,26). The lowest BCUT2D eigenvalue weighted by Crippen LogP contribution is -2.31. The fourth-order valence-electron chi connectivity index (χ4n) is 3.36. The average molecular weight is 392 g/mol. The number of aliphatic hydroxyl groups excluding tert-OH is 1. The Balaban J connectivity index is 1.34. The van der Waals surface area contributed by atoms with Gasteiger partial charge in [-0.3, -0.25) is 9.89 Å². The number of aromatic amines is 1. The molecule has 7 heteroatoms. The van der Waals surface area contributed by atoms with E-state index in [1.807, 2.05) is 48.5 Å². The highest BCUT2D eigenvalue weighted by Crippen LogP contribution is 2.20. The number of H-pyrrole nitrogens is 1. The van der Waals surface area contributed by atoms with Crippen molar-refractivity contribution in [2.45, 2.75) is 25.7 Å². The van der Waals surface area contributed by atoms with Crippen molar-refractivity contribution in [1.82, 2.24) is 20.8 Å². The second kappa shape index (κ2) is 8.89. The second-order valence-electron chi connectivity index (χ2n) is 7.03. The third-order valence-corrected chi connectivity index (χ3v) is 4.97. The minimum Gasteiger partial charge on any atom is -0.489 e. The molecule has 0 radical (unpaired) electrons. The van der Waals surface area contributed by atoms with Crippen LogP contribution in [0.2, 0.25) is 0 Å². The third-order valence-electron chi connectivity index (χ3n) is 4.97. The molecule has 1 aliphatic heterocycles. The maximum absolute atomic E-state index is 12.5. The summed E-state index contributed by atoms with van der Waals surface area (Å²) < 4.78 is 5.81. The first-order chi connectivity index (χ1) is 14.2. The summed E-state index contributed by atoms with van der Waals surface area (Å²) in [7, 11) is 0. The second-order valence-corrected chi connectivity index (χ2v) is 7.03. The number of hydrogen-bond donors (Lipinski definition) is 4. The van der Waals surface area contributed by atoms with Crippen LogP contribution in [0.25, 0.3) is 0 Å². The average Bonchev–Trinajstić information content (AvgIpc) is 3.21. The van der Waals surface area contributed by atoms with Gasteiger partial charge in [0, 0.05) is 37.3 Å². The van der Waals surface area contributed by atoms with Crippen LogP contribution in [0.1, 0.15) is 39.0 Å². The Hall–Kier alpha value is -3.16. The summed E-state index contributed by atoms with van der Waals surface area (Å²) in [6, 6.07) is 17.2. The van der Waals surface area contributed by atoms with Crippen molar-refractivity contribution in [1.29, 1.82) is 0 Å². The Labute approximate surface area is 169 Å². The normalized spacial score (nSPS) is 14.1. The minimum atomic E-state index is -0.841. The van der Waals surface area contributed by atoms with Gasteiger partial charge in [-0.1, -0.05) is 42.5 Å². The van der Waals surface area contributed by atoms with E-state index >= 15 is 0 Å². The Kier molecular flexibility index (Phi) is 5.88. The zero-order chi connectivity index (χ0) is 20.1. The van der Waals surface area contributed by atoms with Crippen molar-refractivity contribution in [3.63, 3.8) is 0 Å². The monoisotopic (exact) mass is 392 g/mol. The lowest BCUT2D eigenvalue weighted by molar-refractivity contribution is 0.0910. The van der Waals surface area contributed by atoms with Crippen LogP contribution in [0, 0.1) is 0 Å². The zero-order valence-corrected chi connectivity index (χ0v) is 16.0. The number of carbonyl (C=O) groups excluding carboxylic acids is 1. The summed E-state index contributed by atoms with van der Waals surface area (Å²) in [5.74, 6) is 0.380. The van der Waals surface area contributed by atoms with Gasteiger partial charge in [-0.25, -0.2) is 0 Å². The third kappa shape index (κ3) is 4.64. The molecule has 150 valence electrons. The molecule has 0 saturated heterocycles. The first-order valence-electron chi connectivity index (χ1n) is 9.70. The van der Waals surface area contributed by atoms with E-state index in [1.165, 1.54) is 0 Å². The highest BCUT2D eigenvalue weighted by molar-refractivity contribution is 5.94. The van der Waals surface area contributed by atoms with E-state index in [0.717, 1.165) is 29.8 Å². The van der Waals surface area contributed by atoms with Gasteiger partial charge in [0.1, 0.15) is 12.4 Å². The van der Waals surface area contributed by atoms with E-state index < -0.39 is 6.10 Å². The van der Waals surface area contributed by atoms with E-state index in [4.69, 9.17) is 4.74 Å². The highest BCUT2D eigenvalue weighted by Gasteiger charge is 2.22. The first-order valence-corrected chi connectivity index (χ1v) is 9.70. The van der Waals surface area contributed by atoms with Crippen LogP contribution < -0.4 is 15.4 Å². The number of nitrogens with one attached hydrogen (secondary N) is 3. The van der Waals surface area contributed by atoms with Crippen LogP contribution in [0.4, 0.5) is 0 Å². The predicted octanol–water partition coefficient (Wildman–Crippen LogP) is 2.10. The Morgan fingerprint density at radius 2 is 2.07 bits per heavy atom. The number of ether oxygens (including phenoxy) is 1. The zero-order valence-electron chi connectivity index (χ0n) is 16.0. The first kappa shape index (κ1) is 19.2. The van der Waals surface area contributed by atoms with Gasteiger partial charge in [-0.05, 0) is 23.3 Å². The van der Waals surface area contributed by atoms with Crippen LogP contribution in [0.5, 0.6) is 5.75 Å². The van der Waals surface area contributed by atoms with E-state index in [-0.39, 0.29) is 12.5 Å². The number of carbonyl (C=O) groups is 1. The topological polar surface area (TPSA) is 99.3 Å². The summed E-state index contributed by atoms with van der Waals surface area (Å²) in [4.78, 5) is 12.5. The predicted molar refractivity (Wildman–Crippen MR) is 109 cm³/mol. The summed E-state index contributed by atoms with van der Waals surface area (Å²) >= 11 is 0. The molecule has 2 aromatic carbocycles. The molecular weight excluding hydrogens is 368 g/mol. The molecule has 29 heavy (non-hydrogen) atoms. The summed E-state index contributed by atoms with van der Waals surface area (Å²) in [5, 5.41) is 23.6. The number of hydrogen-bond acceptors (Lipinski definition) is 5. The lowest BCUT2D eigenvalue weighted by atomic mass is 10.1. The summed E-state index contributed by atoms with van der Waals surface area (Å²) in [6.45, 7) is 2.04. The van der Waals surface area contributed by atoms with E-state index in [1.54, 1.807) is 6.07 Å². The van der Waals surface area contributed by atoms with Crippen molar-refractivity contribution in [3.05, 3.63) is 82.7 Å². The summed E-state index contributed by atoms with van der Waals surface area (Å²) in [5.41, 5.74) is 4.04. The van der Waals surface area contributed by atoms with Gasteiger partial charge in [-0.2, -0.15) is 5.10 Å². The van der Waals surface area contributed by atoms with Gasteiger partial charge in [-0.15, -0.1) is 0 Å². The van der Waals surface area contributed by atoms with Crippen molar-refractivity contribution in [2.24, 2.45) is 0 Å². The van der Waals surface area contributed by atoms with Crippen molar-refractivity contribution in [3.8, 4) is 5.75 Å². The molecule has 0 spiro atoms. The number of fused-ring (bicyclic) bond motifs is 1. The smallest absolute Gasteiger partial charge is 0.272 e. The molecular formula is C22H24N4O3. The Bertz CT molecular complexity index is 971. The molecule has 0 fully saturated rings. The molecule has 1 atom stereocenters. The number of nitrogens with zero attached hydrogens (tertiary/aromatic N) is 1. The van der Waals surface area contributed by atoms with Gasteiger partial charge >= 0.3 is 0 Å². The lowest BCUT2D eigenvalue weighted by Gasteiger charge is -2.15. The molecule has 1 aliphatic rings. The van der Waals surface area contributed by atoms with Crippen LogP contribution >= 0.6 is 0 Å². The van der Waals surface area contributed by atoms with Crippen molar-refractivity contribution >= 4 is 5.91 Å². The Morgan fingerprint density at radius 3 is 2.93 bits per heavy atom. The van der Waals surface area contributed by atoms with Crippen molar-refractivity contribution < 1.29 is 14.6 Å². The highest BCUT2D eigenvalue weighted by atomic mass is 16.5. The fourth-order valence-corrected chi connectivity index (χ4v) is 3.36. The molecule has 4 rings (SSSR count). The van der Waals surface area contributed by atoms with Crippen molar-refractivity contribution in [2.75, 3.05) is 13.1 Å². The number of amides is 1. The van der Waals surface area contributed by atoms with E-state index in [2.05, 4.69) is 20.8 Å². The largest absolute Gasteiger partial charge is 0.489 e. The van der Waals surface area contributed by atoms with Crippen LogP contribution in [-0.2, 0) is 19.6 Å². The molecule has 1 unspecified atom stereocenters. The fraction of sp³-hybridized carbons (Fsp3) is 0.273. The van der Waals surface area contributed by atoms with Gasteiger partial charge < -0.3 is 20.5 Å². The molecule has 2 heterocycles. The summed E-state index contributed by atoms with van der Waals surface area (Å²) in [6.07, 6.45) is -0.0132. The molecule has 1 amide bonds.